The van der Waals surface area contributed by atoms with Crippen molar-refractivity contribution < 1.29 is 14.2 Å². The van der Waals surface area contributed by atoms with Crippen LogP contribution in [-0.4, -0.2) is 69.4 Å². The van der Waals surface area contributed by atoms with E-state index in [1.54, 1.807) is 21.3 Å². The van der Waals surface area contributed by atoms with Crippen LogP contribution in [0.2, 0.25) is 0 Å². The van der Waals surface area contributed by atoms with E-state index in [2.05, 4.69) is 35.8 Å². The number of nitrogens with one attached hydrogen (secondary N) is 1. The Morgan fingerprint density at radius 3 is 2.54 bits per heavy atom. The van der Waals surface area contributed by atoms with Crippen LogP contribution in [0.15, 0.2) is 17.1 Å². The predicted octanol–water partition coefficient (Wildman–Crippen LogP) is 3.67. The standard InChI is InChI=1S/C20H33N3O3S.HI/c1-6-16-14-23(12-13-27-16)20(21-7-2)22-11-10-15-8-9-17(24-3)19(26-5)18(15)25-4;/h8-9,16H,6-7,10-14H2,1-5H3,(H,21,22);1H. The molecule has 0 aliphatic carbocycles. The second-order valence-corrected chi connectivity index (χ2v) is 7.73. The van der Waals surface area contributed by atoms with Crippen LogP contribution in [-0.2, 0) is 6.42 Å². The zero-order chi connectivity index (χ0) is 19.6. The number of methoxy groups -OCH3 is 3. The van der Waals surface area contributed by atoms with E-state index >= 15 is 0 Å². The minimum absolute atomic E-state index is 0. The summed E-state index contributed by atoms with van der Waals surface area (Å²) in [6.07, 6.45) is 1.97. The van der Waals surface area contributed by atoms with Gasteiger partial charge in [0.05, 0.1) is 21.3 Å². The summed E-state index contributed by atoms with van der Waals surface area (Å²) < 4.78 is 16.4. The topological polar surface area (TPSA) is 55.3 Å². The molecule has 1 atom stereocenters. The fraction of sp³-hybridized carbons (Fsp3) is 0.650. The second-order valence-electron chi connectivity index (χ2n) is 6.33. The summed E-state index contributed by atoms with van der Waals surface area (Å²) >= 11 is 2.07. The zero-order valence-electron chi connectivity index (χ0n) is 17.6. The van der Waals surface area contributed by atoms with Gasteiger partial charge in [0.1, 0.15) is 0 Å². The lowest BCUT2D eigenvalue weighted by Crippen LogP contribution is -2.48. The number of hydrogen-bond donors (Lipinski definition) is 1. The van der Waals surface area contributed by atoms with E-state index in [0.717, 1.165) is 49.1 Å². The van der Waals surface area contributed by atoms with Crippen LogP contribution in [0.5, 0.6) is 17.2 Å². The summed E-state index contributed by atoms with van der Waals surface area (Å²) in [5.74, 6) is 4.19. The molecule has 2 rings (SSSR count). The molecule has 0 amide bonds. The second kappa shape index (κ2) is 13.2. The lowest BCUT2D eigenvalue weighted by Gasteiger charge is -2.34. The maximum absolute atomic E-state index is 5.58. The molecule has 1 fully saturated rings. The van der Waals surface area contributed by atoms with Gasteiger partial charge in [0.25, 0.3) is 0 Å². The van der Waals surface area contributed by atoms with Crippen molar-refractivity contribution in [2.45, 2.75) is 31.9 Å². The molecule has 1 heterocycles. The van der Waals surface area contributed by atoms with Gasteiger partial charge in [-0.1, -0.05) is 13.0 Å². The van der Waals surface area contributed by atoms with Gasteiger partial charge in [-0.15, -0.1) is 24.0 Å². The fourth-order valence-corrected chi connectivity index (χ4v) is 4.41. The van der Waals surface area contributed by atoms with Gasteiger partial charge < -0.3 is 24.4 Å². The first kappa shape index (κ1) is 25.0. The Labute approximate surface area is 190 Å². The number of thioether (sulfide) groups is 1. The van der Waals surface area contributed by atoms with E-state index in [1.807, 2.05) is 12.1 Å². The summed E-state index contributed by atoms with van der Waals surface area (Å²) in [7, 11) is 4.92. The lowest BCUT2D eigenvalue weighted by molar-refractivity contribution is 0.322. The van der Waals surface area contributed by atoms with Crippen molar-refractivity contribution >= 4 is 41.7 Å². The molecule has 0 bridgehead atoms. The van der Waals surface area contributed by atoms with E-state index in [4.69, 9.17) is 19.2 Å². The summed E-state index contributed by atoms with van der Waals surface area (Å²) in [5.41, 5.74) is 1.07. The molecule has 1 saturated heterocycles. The molecule has 0 radical (unpaired) electrons. The summed E-state index contributed by atoms with van der Waals surface area (Å²) in [4.78, 5) is 7.26. The van der Waals surface area contributed by atoms with Crippen molar-refractivity contribution in [3.63, 3.8) is 0 Å². The third-order valence-electron chi connectivity index (χ3n) is 4.66. The van der Waals surface area contributed by atoms with Gasteiger partial charge in [0.2, 0.25) is 5.75 Å². The Morgan fingerprint density at radius 1 is 1.18 bits per heavy atom. The average molecular weight is 523 g/mol. The van der Waals surface area contributed by atoms with Gasteiger partial charge in [0, 0.05) is 42.7 Å². The Hall–Kier alpha value is -1.03. The van der Waals surface area contributed by atoms with E-state index in [9.17, 15) is 0 Å². The first-order valence-electron chi connectivity index (χ1n) is 9.61. The average Bonchev–Trinajstić information content (AvgIpc) is 2.72. The molecule has 1 unspecified atom stereocenters. The van der Waals surface area contributed by atoms with Crippen LogP contribution < -0.4 is 19.5 Å². The third kappa shape index (κ3) is 6.50. The van der Waals surface area contributed by atoms with Crippen LogP contribution in [0.1, 0.15) is 25.8 Å². The maximum atomic E-state index is 5.58. The highest BCUT2D eigenvalue weighted by Gasteiger charge is 2.21. The van der Waals surface area contributed by atoms with Crippen LogP contribution in [0, 0.1) is 0 Å². The number of rotatable bonds is 8. The Balaban J connectivity index is 0.00000392. The van der Waals surface area contributed by atoms with E-state index in [1.165, 1.54) is 6.42 Å². The highest BCUT2D eigenvalue weighted by Crippen LogP contribution is 2.39. The quantitative estimate of drug-likeness (QED) is 0.319. The van der Waals surface area contributed by atoms with Crippen molar-refractivity contribution in [3.8, 4) is 17.2 Å². The van der Waals surface area contributed by atoms with Crippen molar-refractivity contribution in [3.05, 3.63) is 17.7 Å². The molecule has 1 aromatic carbocycles. The van der Waals surface area contributed by atoms with E-state index in [-0.39, 0.29) is 24.0 Å². The Bertz CT molecular complexity index is 631. The Kier molecular flexibility index (Phi) is 11.8. The van der Waals surface area contributed by atoms with Gasteiger partial charge in [-0.3, -0.25) is 4.99 Å². The monoisotopic (exact) mass is 523 g/mol. The molecule has 28 heavy (non-hydrogen) atoms. The highest BCUT2D eigenvalue weighted by atomic mass is 127. The molecule has 1 N–H and O–H groups in total. The van der Waals surface area contributed by atoms with Crippen molar-refractivity contribution in [2.75, 3.05) is 53.3 Å². The van der Waals surface area contributed by atoms with Crippen LogP contribution in [0.4, 0.5) is 0 Å². The molecule has 0 saturated carbocycles. The van der Waals surface area contributed by atoms with E-state index in [0.29, 0.717) is 23.3 Å². The molecule has 1 aliphatic heterocycles. The normalized spacial score (nSPS) is 17.0. The maximum Gasteiger partial charge on any atom is 0.203 e. The van der Waals surface area contributed by atoms with Crippen LogP contribution >= 0.6 is 35.7 Å². The molecular weight excluding hydrogens is 489 g/mol. The molecule has 6 nitrogen and oxygen atoms in total. The number of benzene rings is 1. The van der Waals surface area contributed by atoms with Gasteiger partial charge in [0.15, 0.2) is 17.5 Å². The first-order valence-corrected chi connectivity index (χ1v) is 10.7. The SMILES string of the molecule is CCNC(=NCCc1ccc(OC)c(OC)c1OC)N1CCSC(CC)C1.I. The lowest BCUT2D eigenvalue weighted by atomic mass is 10.1. The van der Waals surface area contributed by atoms with Crippen LogP contribution in [0.25, 0.3) is 0 Å². The zero-order valence-corrected chi connectivity index (χ0v) is 20.8. The molecule has 1 aliphatic rings. The largest absolute Gasteiger partial charge is 0.493 e. The predicted molar refractivity (Wildman–Crippen MR) is 129 cm³/mol. The van der Waals surface area contributed by atoms with Crippen molar-refractivity contribution in [2.24, 2.45) is 4.99 Å². The van der Waals surface area contributed by atoms with Gasteiger partial charge in [-0.25, -0.2) is 0 Å². The molecular formula is C20H34IN3O3S. The molecule has 0 aromatic heterocycles. The third-order valence-corrected chi connectivity index (χ3v) is 6.03. The highest BCUT2D eigenvalue weighted by molar-refractivity contribution is 14.0. The minimum atomic E-state index is 0. The Morgan fingerprint density at radius 2 is 1.93 bits per heavy atom. The van der Waals surface area contributed by atoms with Crippen molar-refractivity contribution in [1.29, 1.82) is 0 Å². The molecule has 0 spiro atoms. The van der Waals surface area contributed by atoms with Crippen molar-refractivity contribution in [1.82, 2.24) is 10.2 Å². The number of hydrogen-bond acceptors (Lipinski definition) is 5. The summed E-state index contributed by atoms with van der Waals surface area (Å²) in [6.45, 7) is 8.05. The summed E-state index contributed by atoms with van der Waals surface area (Å²) in [6, 6.07) is 3.94. The number of ether oxygens (including phenoxy) is 3. The van der Waals surface area contributed by atoms with Gasteiger partial charge >= 0.3 is 0 Å². The number of nitrogens with zero attached hydrogens (tertiary/aromatic N) is 2. The first-order chi connectivity index (χ1) is 13.2. The summed E-state index contributed by atoms with van der Waals surface area (Å²) in [5, 5.41) is 4.13. The molecule has 160 valence electrons. The number of halogens is 1. The number of guanidine groups is 1. The van der Waals surface area contributed by atoms with Gasteiger partial charge in [-0.2, -0.15) is 11.8 Å². The van der Waals surface area contributed by atoms with Gasteiger partial charge in [-0.05, 0) is 25.8 Å². The smallest absolute Gasteiger partial charge is 0.203 e. The molecule has 1 aromatic rings. The van der Waals surface area contributed by atoms with Crippen LogP contribution in [0.3, 0.4) is 0 Å². The minimum Gasteiger partial charge on any atom is -0.493 e. The fourth-order valence-electron chi connectivity index (χ4n) is 3.23. The van der Waals surface area contributed by atoms with E-state index < -0.39 is 0 Å². The number of aliphatic imine (C=N–C) groups is 1. The molecule has 8 heteroatoms.